The van der Waals surface area contributed by atoms with Crippen LogP contribution < -0.4 is 0 Å². The van der Waals surface area contributed by atoms with Crippen LogP contribution in [0.5, 0.6) is 0 Å². The second-order valence-corrected chi connectivity index (χ2v) is 4.51. The SMILES string of the molecule is CC(C)[C@@H](C)CC(=O)N1CCCC1. The van der Waals surface area contributed by atoms with Gasteiger partial charge >= 0.3 is 0 Å². The van der Waals surface area contributed by atoms with Crippen LogP contribution in [0.3, 0.4) is 0 Å². The maximum absolute atomic E-state index is 11.7. The Labute approximate surface area is 81.3 Å². The minimum atomic E-state index is 0.360. The van der Waals surface area contributed by atoms with Gasteiger partial charge in [-0.1, -0.05) is 20.8 Å². The van der Waals surface area contributed by atoms with Crippen molar-refractivity contribution in [3.8, 4) is 0 Å². The van der Waals surface area contributed by atoms with E-state index in [1.54, 1.807) is 0 Å². The molecular formula is C11H21NO. The summed E-state index contributed by atoms with van der Waals surface area (Å²) in [7, 11) is 0. The fourth-order valence-corrected chi connectivity index (χ4v) is 1.61. The topological polar surface area (TPSA) is 20.3 Å². The Kier molecular flexibility index (Phi) is 3.76. The summed E-state index contributed by atoms with van der Waals surface area (Å²) in [6, 6.07) is 0. The van der Waals surface area contributed by atoms with Crippen LogP contribution in [-0.2, 0) is 4.79 Å². The first kappa shape index (κ1) is 10.6. The Morgan fingerprint density at radius 1 is 1.23 bits per heavy atom. The van der Waals surface area contributed by atoms with E-state index in [-0.39, 0.29) is 0 Å². The minimum Gasteiger partial charge on any atom is -0.343 e. The molecule has 0 saturated carbocycles. The van der Waals surface area contributed by atoms with E-state index in [0.29, 0.717) is 17.7 Å². The van der Waals surface area contributed by atoms with E-state index in [4.69, 9.17) is 0 Å². The van der Waals surface area contributed by atoms with Gasteiger partial charge in [0.05, 0.1) is 0 Å². The predicted octanol–water partition coefficient (Wildman–Crippen LogP) is 2.29. The minimum absolute atomic E-state index is 0.360. The van der Waals surface area contributed by atoms with Gasteiger partial charge in [0.15, 0.2) is 0 Å². The number of nitrogens with zero attached hydrogens (tertiary/aromatic N) is 1. The van der Waals surface area contributed by atoms with Gasteiger partial charge in [0.1, 0.15) is 0 Å². The predicted molar refractivity (Wildman–Crippen MR) is 54.4 cm³/mol. The summed E-state index contributed by atoms with van der Waals surface area (Å²) in [5.74, 6) is 1.50. The van der Waals surface area contributed by atoms with E-state index in [1.165, 1.54) is 12.8 Å². The average Bonchev–Trinajstić information content (AvgIpc) is 2.55. The highest BCUT2D eigenvalue weighted by atomic mass is 16.2. The van der Waals surface area contributed by atoms with Gasteiger partial charge in [-0.25, -0.2) is 0 Å². The van der Waals surface area contributed by atoms with Gasteiger partial charge in [0.2, 0.25) is 5.91 Å². The summed E-state index contributed by atoms with van der Waals surface area (Å²) in [5.41, 5.74) is 0. The van der Waals surface area contributed by atoms with Crippen molar-refractivity contribution in [2.75, 3.05) is 13.1 Å². The zero-order valence-electron chi connectivity index (χ0n) is 9.05. The van der Waals surface area contributed by atoms with Crippen LogP contribution in [-0.4, -0.2) is 23.9 Å². The maximum Gasteiger partial charge on any atom is 0.222 e. The Balaban J connectivity index is 2.31. The summed E-state index contributed by atoms with van der Waals surface area (Å²) >= 11 is 0. The molecule has 1 rings (SSSR count). The van der Waals surface area contributed by atoms with Crippen molar-refractivity contribution in [3.63, 3.8) is 0 Å². The highest BCUT2D eigenvalue weighted by molar-refractivity contribution is 5.76. The Morgan fingerprint density at radius 3 is 2.23 bits per heavy atom. The van der Waals surface area contributed by atoms with Crippen LogP contribution in [0.25, 0.3) is 0 Å². The van der Waals surface area contributed by atoms with Gasteiger partial charge in [-0.3, -0.25) is 4.79 Å². The van der Waals surface area contributed by atoms with Crippen LogP contribution in [0.15, 0.2) is 0 Å². The fraction of sp³-hybridized carbons (Fsp3) is 0.909. The normalized spacial score (nSPS) is 19.5. The molecule has 0 spiro atoms. The van der Waals surface area contributed by atoms with Gasteiger partial charge in [-0.2, -0.15) is 0 Å². The standard InChI is InChI=1S/C11H21NO/c1-9(2)10(3)8-11(13)12-6-4-5-7-12/h9-10H,4-8H2,1-3H3/t10-/m0/s1. The fourth-order valence-electron chi connectivity index (χ4n) is 1.61. The van der Waals surface area contributed by atoms with Gasteiger partial charge in [-0.05, 0) is 24.7 Å². The highest BCUT2D eigenvalue weighted by Gasteiger charge is 2.20. The first-order valence-corrected chi connectivity index (χ1v) is 5.39. The molecule has 0 bridgehead atoms. The molecule has 0 aliphatic carbocycles. The number of amides is 1. The molecule has 0 N–H and O–H groups in total. The van der Waals surface area contributed by atoms with Crippen molar-refractivity contribution in [2.24, 2.45) is 11.8 Å². The quantitative estimate of drug-likeness (QED) is 0.657. The molecule has 0 aromatic rings. The summed E-state index contributed by atoms with van der Waals surface area (Å²) in [6.07, 6.45) is 3.13. The Hall–Kier alpha value is -0.530. The van der Waals surface area contributed by atoms with E-state index < -0.39 is 0 Å². The van der Waals surface area contributed by atoms with E-state index in [0.717, 1.165) is 19.5 Å². The smallest absolute Gasteiger partial charge is 0.222 e. The number of carbonyl (C=O) groups is 1. The second kappa shape index (κ2) is 4.64. The lowest BCUT2D eigenvalue weighted by Crippen LogP contribution is -2.29. The largest absolute Gasteiger partial charge is 0.343 e. The molecule has 1 saturated heterocycles. The summed E-state index contributed by atoms with van der Waals surface area (Å²) in [5, 5.41) is 0. The number of likely N-dealkylation sites (tertiary alicyclic amines) is 1. The number of rotatable bonds is 3. The molecule has 0 unspecified atom stereocenters. The summed E-state index contributed by atoms with van der Waals surface area (Å²) in [6.45, 7) is 8.51. The molecule has 0 aromatic heterocycles. The third-order valence-electron chi connectivity index (χ3n) is 3.09. The van der Waals surface area contributed by atoms with Gasteiger partial charge in [0, 0.05) is 19.5 Å². The van der Waals surface area contributed by atoms with E-state index in [2.05, 4.69) is 20.8 Å². The molecule has 0 aromatic carbocycles. The lowest BCUT2D eigenvalue weighted by atomic mass is 9.94. The molecular weight excluding hydrogens is 162 g/mol. The van der Waals surface area contributed by atoms with Crippen molar-refractivity contribution in [3.05, 3.63) is 0 Å². The molecule has 1 amide bonds. The van der Waals surface area contributed by atoms with Crippen LogP contribution in [0.4, 0.5) is 0 Å². The molecule has 0 radical (unpaired) electrons. The number of hydrogen-bond donors (Lipinski definition) is 0. The molecule has 1 aliphatic heterocycles. The van der Waals surface area contributed by atoms with Crippen molar-refractivity contribution in [2.45, 2.75) is 40.0 Å². The van der Waals surface area contributed by atoms with Gasteiger partial charge < -0.3 is 4.90 Å². The average molecular weight is 183 g/mol. The summed E-state index contributed by atoms with van der Waals surface area (Å²) < 4.78 is 0. The first-order valence-electron chi connectivity index (χ1n) is 5.39. The van der Waals surface area contributed by atoms with Crippen molar-refractivity contribution >= 4 is 5.91 Å². The van der Waals surface area contributed by atoms with E-state index in [1.807, 2.05) is 4.90 Å². The summed E-state index contributed by atoms with van der Waals surface area (Å²) in [4.78, 5) is 13.7. The van der Waals surface area contributed by atoms with Gasteiger partial charge in [-0.15, -0.1) is 0 Å². The van der Waals surface area contributed by atoms with Crippen LogP contribution in [0, 0.1) is 11.8 Å². The van der Waals surface area contributed by atoms with E-state index in [9.17, 15) is 4.79 Å². The monoisotopic (exact) mass is 183 g/mol. The third kappa shape index (κ3) is 3.02. The van der Waals surface area contributed by atoms with Gasteiger partial charge in [0.25, 0.3) is 0 Å². The van der Waals surface area contributed by atoms with Crippen LogP contribution >= 0.6 is 0 Å². The number of carbonyl (C=O) groups excluding carboxylic acids is 1. The Bertz CT molecular complexity index is 171. The van der Waals surface area contributed by atoms with Crippen molar-refractivity contribution in [1.29, 1.82) is 0 Å². The molecule has 76 valence electrons. The highest BCUT2D eigenvalue weighted by Crippen LogP contribution is 2.17. The lowest BCUT2D eigenvalue weighted by Gasteiger charge is -2.20. The molecule has 2 heteroatoms. The van der Waals surface area contributed by atoms with Crippen LogP contribution in [0.2, 0.25) is 0 Å². The van der Waals surface area contributed by atoms with Crippen LogP contribution in [0.1, 0.15) is 40.0 Å². The zero-order valence-corrected chi connectivity index (χ0v) is 9.05. The van der Waals surface area contributed by atoms with Crippen molar-refractivity contribution in [1.82, 2.24) is 4.90 Å². The third-order valence-corrected chi connectivity index (χ3v) is 3.09. The molecule has 2 nitrogen and oxygen atoms in total. The zero-order chi connectivity index (χ0) is 9.84. The lowest BCUT2D eigenvalue weighted by molar-refractivity contribution is -0.131. The molecule has 1 aliphatic rings. The molecule has 1 atom stereocenters. The van der Waals surface area contributed by atoms with E-state index >= 15 is 0 Å². The maximum atomic E-state index is 11.7. The number of hydrogen-bond acceptors (Lipinski definition) is 1. The second-order valence-electron chi connectivity index (χ2n) is 4.51. The molecule has 13 heavy (non-hydrogen) atoms. The Morgan fingerprint density at radius 2 is 1.77 bits per heavy atom. The molecule has 1 fully saturated rings. The molecule has 1 heterocycles. The van der Waals surface area contributed by atoms with Crippen molar-refractivity contribution < 1.29 is 4.79 Å². The first-order chi connectivity index (χ1) is 6.11.